The Balaban J connectivity index is 3.62. The molecule has 7 nitrogen and oxygen atoms in total. The Hall–Kier alpha value is -0.730. The summed E-state index contributed by atoms with van der Waals surface area (Å²) in [5.41, 5.74) is 0. The van der Waals surface area contributed by atoms with Gasteiger partial charge in [0.05, 0.1) is 53.2 Å². The highest BCUT2D eigenvalue weighted by Gasteiger charge is 2.08. The summed E-state index contributed by atoms with van der Waals surface area (Å²) in [5.74, 6) is -0.204. The first kappa shape index (κ1) is 20.3. The van der Waals surface area contributed by atoms with Gasteiger partial charge in [0.25, 0.3) is 0 Å². The third-order valence-corrected chi connectivity index (χ3v) is 2.83. The number of methoxy groups -OCH3 is 3. The fraction of sp³-hybridized carbons (Fsp3) is 0.929. The zero-order valence-corrected chi connectivity index (χ0v) is 13.5. The van der Waals surface area contributed by atoms with Gasteiger partial charge in [0.2, 0.25) is 0 Å². The second kappa shape index (κ2) is 15.7. The molecular formula is C14H29NO6. The molecule has 0 bridgehead atoms. The van der Waals surface area contributed by atoms with Crippen LogP contribution in [0.2, 0.25) is 0 Å². The topological polar surface area (TPSA) is 66.5 Å². The van der Waals surface area contributed by atoms with Crippen LogP contribution in [0.4, 0.5) is 0 Å². The van der Waals surface area contributed by atoms with Crippen molar-refractivity contribution < 1.29 is 28.5 Å². The normalized spacial score (nSPS) is 11.0. The Bertz CT molecular complexity index is 240. The van der Waals surface area contributed by atoms with E-state index in [1.165, 1.54) is 7.11 Å². The van der Waals surface area contributed by atoms with E-state index in [9.17, 15) is 4.79 Å². The maximum atomic E-state index is 11.2. The SMILES string of the molecule is COCCOCCOCCN(CCOC)CCC(=O)OC. The van der Waals surface area contributed by atoms with Crippen molar-refractivity contribution in [2.45, 2.75) is 6.42 Å². The minimum absolute atomic E-state index is 0.204. The van der Waals surface area contributed by atoms with Gasteiger partial charge in [-0.25, -0.2) is 0 Å². The first-order valence-electron chi connectivity index (χ1n) is 7.17. The second-order valence-corrected chi connectivity index (χ2v) is 4.38. The van der Waals surface area contributed by atoms with Gasteiger partial charge in [-0.1, -0.05) is 0 Å². The van der Waals surface area contributed by atoms with Crippen LogP contribution >= 0.6 is 0 Å². The van der Waals surface area contributed by atoms with Crippen molar-refractivity contribution in [3.8, 4) is 0 Å². The molecule has 0 aliphatic carbocycles. The molecule has 0 aromatic heterocycles. The monoisotopic (exact) mass is 307 g/mol. The Kier molecular flexibility index (Phi) is 15.1. The number of nitrogens with zero attached hydrogens (tertiary/aromatic N) is 1. The molecule has 0 rings (SSSR count). The number of esters is 1. The highest BCUT2D eigenvalue weighted by atomic mass is 16.5. The summed E-state index contributed by atoms with van der Waals surface area (Å²) < 4.78 is 25.4. The van der Waals surface area contributed by atoms with Crippen molar-refractivity contribution in [3.05, 3.63) is 0 Å². The Labute approximate surface area is 127 Å². The number of hydrogen-bond acceptors (Lipinski definition) is 7. The molecule has 0 spiro atoms. The largest absolute Gasteiger partial charge is 0.469 e. The van der Waals surface area contributed by atoms with Crippen molar-refractivity contribution in [2.75, 3.05) is 80.6 Å². The Morgan fingerprint density at radius 2 is 1.33 bits per heavy atom. The number of ether oxygens (including phenoxy) is 5. The molecule has 21 heavy (non-hydrogen) atoms. The summed E-state index contributed by atoms with van der Waals surface area (Å²) in [5, 5.41) is 0. The molecule has 7 heteroatoms. The van der Waals surface area contributed by atoms with Gasteiger partial charge in [0.1, 0.15) is 0 Å². The van der Waals surface area contributed by atoms with E-state index in [0.717, 1.165) is 13.1 Å². The molecule has 126 valence electrons. The molecule has 0 heterocycles. The van der Waals surface area contributed by atoms with Crippen LogP contribution in [-0.2, 0) is 28.5 Å². The molecule has 0 aliphatic rings. The van der Waals surface area contributed by atoms with Crippen molar-refractivity contribution in [1.29, 1.82) is 0 Å². The summed E-state index contributed by atoms with van der Waals surface area (Å²) in [7, 11) is 4.70. The van der Waals surface area contributed by atoms with E-state index in [-0.39, 0.29) is 5.97 Å². The molecular weight excluding hydrogens is 278 g/mol. The van der Waals surface area contributed by atoms with E-state index in [0.29, 0.717) is 52.6 Å². The molecule has 0 unspecified atom stereocenters. The van der Waals surface area contributed by atoms with E-state index in [2.05, 4.69) is 9.64 Å². The third kappa shape index (κ3) is 14.0. The van der Waals surface area contributed by atoms with Crippen LogP contribution in [-0.4, -0.2) is 91.5 Å². The van der Waals surface area contributed by atoms with Gasteiger partial charge in [-0.3, -0.25) is 9.69 Å². The zero-order chi connectivity index (χ0) is 15.8. The van der Waals surface area contributed by atoms with Crippen molar-refractivity contribution in [1.82, 2.24) is 4.90 Å². The highest BCUT2D eigenvalue weighted by Crippen LogP contribution is 1.94. The molecule has 0 fully saturated rings. The summed E-state index contributed by atoms with van der Waals surface area (Å²) in [4.78, 5) is 13.3. The summed E-state index contributed by atoms with van der Waals surface area (Å²) >= 11 is 0. The molecule has 0 aliphatic heterocycles. The zero-order valence-electron chi connectivity index (χ0n) is 13.5. The van der Waals surface area contributed by atoms with Crippen LogP contribution in [0.1, 0.15) is 6.42 Å². The van der Waals surface area contributed by atoms with Gasteiger partial charge in [-0.15, -0.1) is 0 Å². The van der Waals surface area contributed by atoms with Gasteiger partial charge in [0, 0.05) is 33.9 Å². The molecule has 0 radical (unpaired) electrons. The quantitative estimate of drug-likeness (QED) is 0.316. The number of carbonyl (C=O) groups excluding carboxylic acids is 1. The van der Waals surface area contributed by atoms with Crippen molar-refractivity contribution in [2.24, 2.45) is 0 Å². The fourth-order valence-corrected chi connectivity index (χ4v) is 1.57. The third-order valence-electron chi connectivity index (χ3n) is 2.83. The van der Waals surface area contributed by atoms with Gasteiger partial charge in [-0.2, -0.15) is 0 Å². The summed E-state index contributed by atoms with van der Waals surface area (Å²) in [6, 6.07) is 0. The van der Waals surface area contributed by atoms with Crippen LogP contribution in [0, 0.1) is 0 Å². The van der Waals surface area contributed by atoms with Crippen LogP contribution in [0.15, 0.2) is 0 Å². The lowest BCUT2D eigenvalue weighted by molar-refractivity contribution is -0.141. The minimum atomic E-state index is -0.204. The molecule has 0 saturated carbocycles. The lowest BCUT2D eigenvalue weighted by Gasteiger charge is -2.21. The first-order chi connectivity index (χ1) is 10.2. The van der Waals surface area contributed by atoms with Gasteiger partial charge in [-0.05, 0) is 0 Å². The van der Waals surface area contributed by atoms with Crippen LogP contribution in [0.25, 0.3) is 0 Å². The standard InChI is InChI=1S/C14H29NO6/c1-17-8-6-15(5-4-14(16)19-3)7-9-20-12-13-21-11-10-18-2/h4-13H2,1-3H3. The van der Waals surface area contributed by atoms with Crippen LogP contribution in [0.3, 0.4) is 0 Å². The summed E-state index contributed by atoms with van der Waals surface area (Å²) in [6.45, 7) is 5.67. The molecule has 0 N–H and O–H groups in total. The van der Waals surface area contributed by atoms with E-state index in [1.807, 2.05) is 0 Å². The summed E-state index contributed by atoms with van der Waals surface area (Å²) in [6.07, 6.45) is 0.375. The van der Waals surface area contributed by atoms with E-state index in [1.54, 1.807) is 14.2 Å². The predicted octanol–water partition coefficient (Wildman–Crippen LogP) is 0.178. The van der Waals surface area contributed by atoms with E-state index in [4.69, 9.17) is 18.9 Å². The lowest BCUT2D eigenvalue weighted by atomic mass is 10.3. The van der Waals surface area contributed by atoms with Crippen molar-refractivity contribution in [3.63, 3.8) is 0 Å². The van der Waals surface area contributed by atoms with Crippen LogP contribution in [0.5, 0.6) is 0 Å². The average Bonchev–Trinajstić information content (AvgIpc) is 2.51. The van der Waals surface area contributed by atoms with Crippen molar-refractivity contribution >= 4 is 5.97 Å². The van der Waals surface area contributed by atoms with E-state index >= 15 is 0 Å². The van der Waals surface area contributed by atoms with Crippen LogP contribution < -0.4 is 0 Å². The lowest BCUT2D eigenvalue weighted by Crippen LogP contribution is -2.33. The molecule has 0 atom stereocenters. The Morgan fingerprint density at radius 1 is 0.762 bits per heavy atom. The molecule has 0 aromatic rings. The van der Waals surface area contributed by atoms with Gasteiger partial charge in [0.15, 0.2) is 0 Å². The predicted molar refractivity (Wildman–Crippen MR) is 78.5 cm³/mol. The number of rotatable bonds is 15. The molecule has 0 saturated heterocycles. The highest BCUT2D eigenvalue weighted by molar-refractivity contribution is 5.69. The van der Waals surface area contributed by atoms with Gasteiger partial charge >= 0.3 is 5.97 Å². The molecule has 0 amide bonds. The van der Waals surface area contributed by atoms with Gasteiger partial charge < -0.3 is 23.7 Å². The smallest absolute Gasteiger partial charge is 0.306 e. The molecule has 0 aromatic carbocycles. The van der Waals surface area contributed by atoms with E-state index < -0.39 is 0 Å². The number of hydrogen-bond donors (Lipinski definition) is 0. The second-order valence-electron chi connectivity index (χ2n) is 4.38. The minimum Gasteiger partial charge on any atom is -0.469 e. The maximum absolute atomic E-state index is 11.2. The number of carbonyl (C=O) groups is 1. The average molecular weight is 307 g/mol. The Morgan fingerprint density at radius 3 is 1.95 bits per heavy atom. The first-order valence-corrected chi connectivity index (χ1v) is 7.17. The fourth-order valence-electron chi connectivity index (χ4n) is 1.57. The maximum Gasteiger partial charge on any atom is 0.306 e.